The van der Waals surface area contributed by atoms with Gasteiger partial charge in [0.1, 0.15) is 6.61 Å². The summed E-state index contributed by atoms with van der Waals surface area (Å²) >= 11 is 5.96. The zero-order valence-electron chi connectivity index (χ0n) is 18.7. The van der Waals surface area contributed by atoms with Crippen molar-refractivity contribution < 1.29 is 24.2 Å². The number of anilines is 1. The fourth-order valence-corrected chi connectivity index (χ4v) is 4.92. The normalized spacial score (nSPS) is 17.7. The summed E-state index contributed by atoms with van der Waals surface area (Å²) in [7, 11) is 0. The van der Waals surface area contributed by atoms with Crippen LogP contribution in [0, 0.1) is 11.8 Å². The quantitative estimate of drug-likeness (QED) is 0.424. The number of carbonyl (C=O) groups excluding carboxylic acids is 2. The Balaban J connectivity index is 1.10. The molecule has 2 aliphatic rings. The molecule has 2 unspecified atom stereocenters. The number of hydrogen-bond donors (Lipinski definition) is 3. The number of halogens is 1. The third kappa shape index (κ3) is 4.72. The van der Waals surface area contributed by atoms with Crippen molar-refractivity contribution >= 4 is 35.3 Å². The van der Waals surface area contributed by atoms with Gasteiger partial charge in [-0.1, -0.05) is 60.1 Å². The number of carboxylic acid groups (broad SMARTS) is 1. The summed E-state index contributed by atoms with van der Waals surface area (Å²) < 4.78 is 5.54. The number of nitrogens with one attached hydrogen (secondary N) is 2. The van der Waals surface area contributed by atoms with Crippen molar-refractivity contribution in [3.63, 3.8) is 0 Å². The Morgan fingerprint density at radius 1 is 0.971 bits per heavy atom. The van der Waals surface area contributed by atoms with Crippen molar-refractivity contribution in [1.82, 2.24) is 5.32 Å². The Kier molecular flexibility index (Phi) is 6.17. The third-order valence-corrected chi connectivity index (χ3v) is 6.89. The Morgan fingerprint density at radius 2 is 1.63 bits per heavy atom. The number of amides is 2. The number of hydrogen-bond acceptors (Lipinski definition) is 4. The number of carbonyl (C=O) groups is 3. The highest BCUT2D eigenvalue weighted by atomic mass is 35.5. The van der Waals surface area contributed by atoms with Crippen LogP contribution < -0.4 is 10.6 Å². The van der Waals surface area contributed by atoms with Gasteiger partial charge in [-0.3, -0.25) is 4.79 Å². The van der Waals surface area contributed by atoms with Crippen LogP contribution in [0.25, 0.3) is 11.1 Å². The Bertz CT molecular complexity index is 1280. The molecule has 178 valence electrons. The molecule has 2 aliphatic carbocycles. The van der Waals surface area contributed by atoms with E-state index in [1.165, 1.54) is 29.3 Å². The lowest BCUT2D eigenvalue weighted by atomic mass is 9.98. The first-order valence-corrected chi connectivity index (χ1v) is 11.7. The van der Waals surface area contributed by atoms with Gasteiger partial charge in [0.05, 0.1) is 10.6 Å². The van der Waals surface area contributed by atoms with Crippen LogP contribution in [0.2, 0.25) is 5.02 Å². The summed E-state index contributed by atoms with van der Waals surface area (Å²) in [6.45, 7) is 0.578. The van der Waals surface area contributed by atoms with E-state index in [1.54, 1.807) is 0 Å². The molecule has 1 saturated carbocycles. The number of aromatic carboxylic acids is 1. The average Bonchev–Trinajstić information content (AvgIpc) is 3.56. The van der Waals surface area contributed by atoms with E-state index in [0.29, 0.717) is 18.7 Å². The summed E-state index contributed by atoms with van der Waals surface area (Å²) in [6.07, 6.45) is 0.144. The predicted molar refractivity (Wildman–Crippen MR) is 132 cm³/mol. The van der Waals surface area contributed by atoms with E-state index in [2.05, 4.69) is 34.9 Å². The van der Waals surface area contributed by atoms with E-state index in [9.17, 15) is 14.4 Å². The van der Waals surface area contributed by atoms with Gasteiger partial charge in [-0.15, -0.1) is 0 Å². The van der Waals surface area contributed by atoms with Crippen molar-refractivity contribution in [2.75, 3.05) is 18.5 Å². The third-order valence-electron chi connectivity index (χ3n) is 6.58. The van der Waals surface area contributed by atoms with Crippen molar-refractivity contribution in [3.8, 4) is 11.1 Å². The van der Waals surface area contributed by atoms with Crippen LogP contribution in [0.5, 0.6) is 0 Å². The molecule has 8 heteroatoms. The highest BCUT2D eigenvalue weighted by Gasteiger charge is 2.43. The van der Waals surface area contributed by atoms with E-state index in [4.69, 9.17) is 21.4 Å². The van der Waals surface area contributed by atoms with Gasteiger partial charge in [-0.2, -0.15) is 0 Å². The first kappa shape index (κ1) is 22.9. The SMILES string of the molecule is O=C(NCC1CC1C(=O)Nc1ccc(C(=O)O)c(Cl)c1)OCC1c2ccccc2-c2ccccc21. The van der Waals surface area contributed by atoms with Gasteiger partial charge in [0.2, 0.25) is 5.91 Å². The Labute approximate surface area is 207 Å². The number of rotatable bonds is 7. The number of carboxylic acids is 1. The van der Waals surface area contributed by atoms with Crippen LogP contribution in [0.4, 0.5) is 10.5 Å². The van der Waals surface area contributed by atoms with Gasteiger partial charge < -0.3 is 20.5 Å². The summed E-state index contributed by atoms with van der Waals surface area (Å²) in [5.41, 5.74) is 5.04. The highest BCUT2D eigenvalue weighted by Crippen LogP contribution is 2.44. The lowest BCUT2D eigenvalue weighted by Gasteiger charge is -2.14. The zero-order chi connectivity index (χ0) is 24.5. The van der Waals surface area contributed by atoms with Crippen LogP contribution in [-0.4, -0.2) is 36.2 Å². The Hall–Kier alpha value is -3.84. The van der Waals surface area contributed by atoms with Gasteiger partial charge in [0.25, 0.3) is 0 Å². The first-order valence-electron chi connectivity index (χ1n) is 11.3. The van der Waals surface area contributed by atoms with Crippen LogP contribution in [0.15, 0.2) is 66.7 Å². The van der Waals surface area contributed by atoms with E-state index in [0.717, 1.165) is 11.1 Å². The second kappa shape index (κ2) is 9.43. The molecule has 1 fully saturated rings. The summed E-state index contributed by atoms with van der Waals surface area (Å²) in [5, 5.41) is 14.6. The van der Waals surface area contributed by atoms with Crippen molar-refractivity contribution in [2.45, 2.75) is 12.3 Å². The molecule has 0 spiro atoms. The van der Waals surface area contributed by atoms with Gasteiger partial charge in [-0.25, -0.2) is 9.59 Å². The fourth-order valence-electron chi connectivity index (χ4n) is 4.66. The van der Waals surface area contributed by atoms with Crippen LogP contribution >= 0.6 is 11.6 Å². The number of fused-ring (bicyclic) bond motifs is 3. The topological polar surface area (TPSA) is 105 Å². The van der Waals surface area contributed by atoms with Crippen molar-refractivity contribution in [3.05, 3.63) is 88.4 Å². The van der Waals surface area contributed by atoms with E-state index >= 15 is 0 Å². The lowest BCUT2D eigenvalue weighted by molar-refractivity contribution is -0.117. The van der Waals surface area contributed by atoms with E-state index in [-0.39, 0.29) is 40.9 Å². The molecule has 2 atom stereocenters. The molecule has 0 bridgehead atoms. The zero-order valence-corrected chi connectivity index (χ0v) is 19.4. The minimum atomic E-state index is -1.13. The molecule has 0 saturated heterocycles. The fraction of sp³-hybridized carbons (Fsp3) is 0.222. The molecule has 0 aromatic heterocycles. The molecular weight excluding hydrogens is 468 g/mol. The number of benzene rings is 3. The maximum Gasteiger partial charge on any atom is 0.407 e. The van der Waals surface area contributed by atoms with Crippen LogP contribution in [0.1, 0.15) is 33.8 Å². The largest absolute Gasteiger partial charge is 0.478 e. The number of ether oxygens (including phenoxy) is 1. The lowest BCUT2D eigenvalue weighted by Crippen LogP contribution is -2.29. The van der Waals surface area contributed by atoms with Gasteiger partial charge in [0.15, 0.2) is 0 Å². The molecule has 0 aliphatic heterocycles. The molecule has 3 aromatic rings. The summed E-state index contributed by atoms with van der Waals surface area (Å²) in [6, 6.07) is 20.6. The standard InChI is InChI=1S/C27H23ClN2O5/c28-24-12-16(9-10-21(24)26(32)33)30-25(31)22-11-15(22)13-29-27(34)35-14-23-19-7-3-1-5-17(19)18-6-2-4-8-20(18)23/h1-10,12,15,22-23H,11,13-14H2,(H,29,34)(H,30,31)(H,32,33). The highest BCUT2D eigenvalue weighted by molar-refractivity contribution is 6.33. The van der Waals surface area contributed by atoms with Crippen LogP contribution in [-0.2, 0) is 9.53 Å². The van der Waals surface area contributed by atoms with Gasteiger partial charge in [0, 0.05) is 24.1 Å². The van der Waals surface area contributed by atoms with Crippen molar-refractivity contribution in [2.24, 2.45) is 11.8 Å². The number of alkyl carbamates (subject to hydrolysis) is 1. The molecule has 5 rings (SSSR count). The average molecular weight is 491 g/mol. The molecule has 0 heterocycles. The minimum absolute atomic E-state index is 0.00746. The minimum Gasteiger partial charge on any atom is -0.478 e. The van der Waals surface area contributed by atoms with E-state index < -0.39 is 12.1 Å². The summed E-state index contributed by atoms with van der Waals surface area (Å²) in [4.78, 5) is 35.9. The maximum absolute atomic E-state index is 12.5. The molecule has 35 heavy (non-hydrogen) atoms. The second-order valence-corrected chi connectivity index (χ2v) is 9.20. The second-order valence-electron chi connectivity index (χ2n) is 8.80. The van der Waals surface area contributed by atoms with E-state index in [1.807, 2.05) is 24.3 Å². The smallest absolute Gasteiger partial charge is 0.407 e. The maximum atomic E-state index is 12.5. The monoisotopic (exact) mass is 490 g/mol. The van der Waals surface area contributed by atoms with Gasteiger partial charge in [-0.05, 0) is 52.8 Å². The van der Waals surface area contributed by atoms with Crippen LogP contribution in [0.3, 0.4) is 0 Å². The van der Waals surface area contributed by atoms with Gasteiger partial charge >= 0.3 is 12.1 Å². The summed E-state index contributed by atoms with van der Waals surface area (Å²) in [5.74, 6) is -1.55. The molecule has 3 N–H and O–H groups in total. The predicted octanol–water partition coefficient (Wildman–Crippen LogP) is 5.15. The molecular formula is C27H23ClN2O5. The Morgan fingerprint density at radius 3 is 2.26 bits per heavy atom. The van der Waals surface area contributed by atoms with Crippen molar-refractivity contribution in [1.29, 1.82) is 0 Å². The first-order chi connectivity index (χ1) is 16.9. The molecule has 0 radical (unpaired) electrons. The molecule has 7 nitrogen and oxygen atoms in total. The molecule has 3 aromatic carbocycles. The molecule has 2 amide bonds.